The van der Waals surface area contributed by atoms with E-state index in [9.17, 15) is 0 Å². The van der Waals surface area contributed by atoms with Crippen molar-refractivity contribution in [2.45, 2.75) is 13.3 Å². The predicted molar refractivity (Wildman–Crippen MR) is 89.2 cm³/mol. The van der Waals surface area contributed by atoms with Crippen LogP contribution in [0, 0.1) is 0 Å². The van der Waals surface area contributed by atoms with Crippen LogP contribution in [-0.2, 0) is 0 Å². The second kappa shape index (κ2) is 7.12. The van der Waals surface area contributed by atoms with Gasteiger partial charge in [-0.05, 0) is 40.5 Å². The number of methoxy groups -OCH3 is 1. The maximum absolute atomic E-state index is 5.73. The number of nitrogens with two attached hydrogens (primary N) is 1. The molecule has 0 spiro atoms. The summed E-state index contributed by atoms with van der Waals surface area (Å²) < 4.78 is 6.06. The molecule has 0 saturated heterocycles. The van der Waals surface area contributed by atoms with Crippen LogP contribution < -0.4 is 21.1 Å². The number of hydrogen-bond acceptors (Lipinski definition) is 6. The predicted octanol–water partition coefficient (Wildman–Crippen LogP) is 3.40. The molecule has 0 bridgehead atoms. The standard InChI is InChI=1S/C14H18BrN5O/c1-3-6-17-12-8-13(20-14(16)19-12)18-9-4-5-11(21-2)10(15)7-9/h4-5,7-8H,3,6H2,1-2H3,(H4,16,17,18,19,20). The van der Waals surface area contributed by atoms with Crippen LogP contribution in [0.2, 0.25) is 0 Å². The fourth-order valence-corrected chi connectivity index (χ4v) is 2.31. The van der Waals surface area contributed by atoms with E-state index in [4.69, 9.17) is 10.5 Å². The summed E-state index contributed by atoms with van der Waals surface area (Å²) in [4.78, 5) is 8.32. The minimum absolute atomic E-state index is 0.228. The van der Waals surface area contributed by atoms with Crippen molar-refractivity contribution in [3.05, 3.63) is 28.7 Å². The van der Waals surface area contributed by atoms with Crippen LogP contribution in [0.1, 0.15) is 13.3 Å². The third-order valence-corrected chi connectivity index (χ3v) is 3.34. The maximum Gasteiger partial charge on any atom is 0.223 e. The number of anilines is 4. The van der Waals surface area contributed by atoms with Gasteiger partial charge >= 0.3 is 0 Å². The zero-order valence-electron chi connectivity index (χ0n) is 12.0. The lowest BCUT2D eigenvalue weighted by atomic mass is 10.3. The summed E-state index contributed by atoms with van der Waals surface area (Å²) in [6.07, 6.45) is 1.01. The fraction of sp³-hybridized carbons (Fsp3) is 0.286. The molecule has 21 heavy (non-hydrogen) atoms. The van der Waals surface area contributed by atoms with Gasteiger partial charge < -0.3 is 21.1 Å². The first-order valence-corrected chi connectivity index (χ1v) is 7.40. The second-order valence-electron chi connectivity index (χ2n) is 4.40. The number of nitrogen functional groups attached to an aromatic ring is 1. The van der Waals surface area contributed by atoms with Crippen molar-refractivity contribution in [2.24, 2.45) is 0 Å². The Morgan fingerprint density at radius 2 is 2.00 bits per heavy atom. The number of nitrogens with zero attached hydrogens (tertiary/aromatic N) is 2. The average molecular weight is 352 g/mol. The van der Waals surface area contributed by atoms with Gasteiger partial charge in [-0.15, -0.1) is 0 Å². The third kappa shape index (κ3) is 4.22. The molecule has 0 radical (unpaired) electrons. The molecule has 0 aliphatic carbocycles. The fourth-order valence-electron chi connectivity index (χ4n) is 1.77. The third-order valence-electron chi connectivity index (χ3n) is 2.72. The van der Waals surface area contributed by atoms with E-state index < -0.39 is 0 Å². The van der Waals surface area contributed by atoms with Crippen molar-refractivity contribution in [3.8, 4) is 5.75 Å². The van der Waals surface area contributed by atoms with Crippen LogP contribution in [0.25, 0.3) is 0 Å². The van der Waals surface area contributed by atoms with Gasteiger partial charge in [-0.1, -0.05) is 6.92 Å². The molecule has 0 atom stereocenters. The van der Waals surface area contributed by atoms with Gasteiger partial charge in [0.05, 0.1) is 11.6 Å². The first kappa shape index (κ1) is 15.4. The largest absolute Gasteiger partial charge is 0.496 e. The molecule has 1 heterocycles. The summed E-state index contributed by atoms with van der Waals surface area (Å²) in [6, 6.07) is 7.51. The van der Waals surface area contributed by atoms with Crippen LogP contribution in [-0.4, -0.2) is 23.6 Å². The van der Waals surface area contributed by atoms with E-state index in [1.165, 1.54) is 0 Å². The van der Waals surface area contributed by atoms with Crippen LogP contribution >= 0.6 is 15.9 Å². The molecule has 0 amide bonds. The first-order chi connectivity index (χ1) is 10.1. The molecule has 0 aliphatic heterocycles. The first-order valence-electron chi connectivity index (χ1n) is 6.61. The summed E-state index contributed by atoms with van der Waals surface area (Å²) in [7, 11) is 1.63. The number of aromatic nitrogens is 2. The summed E-state index contributed by atoms with van der Waals surface area (Å²) in [5, 5.41) is 6.39. The molecule has 112 valence electrons. The number of benzene rings is 1. The van der Waals surface area contributed by atoms with Crippen molar-refractivity contribution < 1.29 is 4.74 Å². The topological polar surface area (TPSA) is 85.1 Å². The van der Waals surface area contributed by atoms with Gasteiger partial charge in [0.15, 0.2) is 0 Å². The Bertz CT molecular complexity index is 620. The lowest BCUT2D eigenvalue weighted by Crippen LogP contribution is -2.06. The number of halogens is 1. The Balaban J connectivity index is 2.18. The van der Waals surface area contributed by atoms with Crippen molar-refractivity contribution in [1.82, 2.24) is 9.97 Å². The minimum atomic E-state index is 0.228. The molecule has 0 fully saturated rings. The van der Waals surface area contributed by atoms with Crippen molar-refractivity contribution in [2.75, 3.05) is 30.0 Å². The van der Waals surface area contributed by atoms with Gasteiger partial charge in [0.2, 0.25) is 5.95 Å². The summed E-state index contributed by atoms with van der Waals surface area (Å²) in [6.45, 7) is 2.93. The van der Waals surface area contributed by atoms with E-state index in [-0.39, 0.29) is 5.95 Å². The zero-order chi connectivity index (χ0) is 15.2. The molecule has 1 aromatic heterocycles. The lowest BCUT2D eigenvalue weighted by molar-refractivity contribution is 0.412. The molecule has 1 aromatic carbocycles. The van der Waals surface area contributed by atoms with Crippen molar-refractivity contribution in [1.29, 1.82) is 0 Å². The monoisotopic (exact) mass is 351 g/mol. The Morgan fingerprint density at radius 3 is 2.67 bits per heavy atom. The lowest BCUT2D eigenvalue weighted by Gasteiger charge is -2.11. The van der Waals surface area contributed by atoms with Crippen LogP contribution in [0.3, 0.4) is 0 Å². The second-order valence-corrected chi connectivity index (χ2v) is 5.25. The smallest absolute Gasteiger partial charge is 0.223 e. The molecular weight excluding hydrogens is 334 g/mol. The highest BCUT2D eigenvalue weighted by molar-refractivity contribution is 9.10. The summed E-state index contributed by atoms with van der Waals surface area (Å²) in [5.74, 6) is 2.34. The maximum atomic E-state index is 5.73. The normalized spacial score (nSPS) is 10.2. The van der Waals surface area contributed by atoms with Crippen LogP contribution in [0.4, 0.5) is 23.3 Å². The van der Waals surface area contributed by atoms with Gasteiger partial charge in [-0.25, -0.2) is 0 Å². The summed E-state index contributed by atoms with van der Waals surface area (Å²) >= 11 is 3.45. The summed E-state index contributed by atoms with van der Waals surface area (Å²) in [5.41, 5.74) is 6.61. The molecule has 2 rings (SSSR count). The number of hydrogen-bond donors (Lipinski definition) is 3. The van der Waals surface area contributed by atoms with E-state index in [0.717, 1.165) is 28.9 Å². The molecule has 2 aromatic rings. The Kier molecular flexibility index (Phi) is 5.21. The van der Waals surface area contributed by atoms with E-state index in [0.29, 0.717) is 11.6 Å². The molecule has 7 heteroatoms. The van der Waals surface area contributed by atoms with Crippen LogP contribution in [0.15, 0.2) is 28.7 Å². The molecule has 0 aliphatic rings. The Labute approximate surface area is 132 Å². The SMILES string of the molecule is CCCNc1cc(Nc2ccc(OC)c(Br)c2)nc(N)n1. The van der Waals surface area contributed by atoms with Gasteiger partial charge in [0.1, 0.15) is 17.4 Å². The van der Waals surface area contributed by atoms with Crippen molar-refractivity contribution >= 4 is 39.2 Å². The molecule has 0 saturated carbocycles. The number of nitrogens with one attached hydrogen (secondary N) is 2. The highest BCUT2D eigenvalue weighted by Crippen LogP contribution is 2.29. The Morgan fingerprint density at radius 1 is 1.24 bits per heavy atom. The van der Waals surface area contributed by atoms with Gasteiger partial charge in [-0.2, -0.15) is 9.97 Å². The zero-order valence-corrected chi connectivity index (χ0v) is 13.6. The Hall–Kier alpha value is -2.02. The van der Waals surface area contributed by atoms with Crippen molar-refractivity contribution in [3.63, 3.8) is 0 Å². The molecule has 0 unspecified atom stereocenters. The molecule has 4 N–H and O–H groups in total. The van der Waals surface area contributed by atoms with E-state index in [2.05, 4.69) is 43.5 Å². The van der Waals surface area contributed by atoms with E-state index in [1.807, 2.05) is 24.3 Å². The highest BCUT2D eigenvalue weighted by atomic mass is 79.9. The quantitative estimate of drug-likeness (QED) is 0.739. The molecule has 6 nitrogen and oxygen atoms in total. The van der Waals surface area contributed by atoms with Gasteiger partial charge in [0.25, 0.3) is 0 Å². The minimum Gasteiger partial charge on any atom is -0.496 e. The van der Waals surface area contributed by atoms with Crippen LogP contribution in [0.5, 0.6) is 5.75 Å². The van der Waals surface area contributed by atoms with E-state index in [1.54, 1.807) is 7.11 Å². The molecular formula is C14H18BrN5O. The van der Waals surface area contributed by atoms with Gasteiger partial charge in [0, 0.05) is 18.3 Å². The number of ether oxygens (including phenoxy) is 1. The van der Waals surface area contributed by atoms with Gasteiger partial charge in [-0.3, -0.25) is 0 Å². The average Bonchev–Trinajstić information content (AvgIpc) is 2.45. The van der Waals surface area contributed by atoms with E-state index >= 15 is 0 Å². The number of rotatable bonds is 6. The highest BCUT2D eigenvalue weighted by Gasteiger charge is 2.05.